The number of halogens is 9. The molecule has 0 aromatic heterocycles. The zero-order chi connectivity index (χ0) is 27.5. The summed E-state index contributed by atoms with van der Waals surface area (Å²) in [5.74, 6) is -4.08. The fourth-order valence-electron chi connectivity index (χ4n) is 3.24. The summed E-state index contributed by atoms with van der Waals surface area (Å²) in [6.07, 6.45) is -19.9. The van der Waals surface area contributed by atoms with E-state index in [0.717, 1.165) is 0 Å². The van der Waals surface area contributed by atoms with Gasteiger partial charge in [0.2, 0.25) is 0 Å². The Kier molecular flexibility index (Phi) is 9.52. The number of rotatable bonds is 8. The normalized spacial score (nSPS) is 13.5. The van der Waals surface area contributed by atoms with Crippen molar-refractivity contribution in [2.75, 3.05) is 37.8 Å². The first-order valence-corrected chi connectivity index (χ1v) is 9.35. The zero-order valence-electron chi connectivity index (χ0n) is 17.6. The lowest BCUT2D eigenvalue weighted by atomic mass is 9.87. The molecule has 0 heterocycles. The van der Waals surface area contributed by atoms with E-state index in [1.54, 1.807) is 0 Å². The minimum Gasteiger partial charge on any atom is -0.395 e. The number of hydrogen-bond acceptors (Lipinski definition) is 6. The highest BCUT2D eigenvalue weighted by Crippen LogP contribution is 2.52. The summed E-state index contributed by atoms with van der Waals surface area (Å²) in [4.78, 5) is 24.1. The second kappa shape index (κ2) is 11.0. The molecule has 35 heavy (non-hydrogen) atoms. The Balaban J connectivity index is 4.42. The minimum atomic E-state index is -6.12. The number of amides is 2. The number of nitrogens with one attached hydrogen (secondary N) is 1. The van der Waals surface area contributed by atoms with Gasteiger partial charge in [0.1, 0.15) is 6.61 Å². The van der Waals surface area contributed by atoms with Crippen LogP contribution in [-0.2, 0) is 23.3 Å². The quantitative estimate of drug-likeness (QED) is 0.324. The minimum absolute atomic E-state index is 0.134. The third-order valence-electron chi connectivity index (χ3n) is 4.54. The van der Waals surface area contributed by atoms with Crippen molar-refractivity contribution in [1.29, 1.82) is 0 Å². The van der Waals surface area contributed by atoms with E-state index in [1.807, 2.05) is 0 Å². The lowest BCUT2D eigenvalue weighted by molar-refractivity contribution is -0.149. The molecule has 5 N–H and O–H groups in total. The number of carbonyl (C=O) groups is 2. The molecule has 0 spiro atoms. The average molecular weight is 530 g/mol. The van der Waals surface area contributed by atoms with Crippen molar-refractivity contribution in [3.05, 3.63) is 27.8 Å². The molecule has 2 amide bonds. The Labute approximate surface area is 190 Å². The molecule has 1 unspecified atom stereocenters. The first kappa shape index (κ1) is 30.4. The van der Waals surface area contributed by atoms with Crippen LogP contribution in [0.2, 0.25) is 0 Å². The average Bonchev–Trinajstić information content (AvgIpc) is 2.71. The van der Waals surface area contributed by atoms with Crippen LogP contribution in [0.4, 0.5) is 45.2 Å². The molecular weight excluding hydrogens is 511 g/mol. The summed E-state index contributed by atoms with van der Waals surface area (Å²) in [5.41, 5.74) is -14.5. The van der Waals surface area contributed by atoms with Crippen LogP contribution in [0.5, 0.6) is 0 Å². The van der Waals surface area contributed by atoms with Crippen LogP contribution in [0, 0.1) is 6.92 Å². The van der Waals surface area contributed by atoms with Gasteiger partial charge in [0, 0.05) is 13.1 Å². The molecule has 0 fully saturated rings. The first-order chi connectivity index (χ1) is 15.8. The number of carbonyl (C=O) groups excluding carboxylic acids is 2. The molecule has 17 heteroatoms. The molecular formula is C18H19F9N2O6. The summed E-state index contributed by atoms with van der Waals surface area (Å²) < 4.78 is 125. The van der Waals surface area contributed by atoms with Gasteiger partial charge in [-0.15, -0.1) is 0 Å². The van der Waals surface area contributed by atoms with Crippen molar-refractivity contribution in [2.45, 2.75) is 31.6 Å². The van der Waals surface area contributed by atoms with Gasteiger partial charge in [0.25, 0.3) is 11.8 Å². The molecule has 1 rings (SSSR count). The van der Waals surface area contributed by atoms with Gasteiger partial charge in [-0.25, -0.2) is 0 Å². The Morgan fingerprint density at radius 2 is 1.37 bits per heavy atom. The Bertz CT molecular complexity index is 945. The molecule has 8 nitrogen and oxygen atoms in total. The number of aliphatic hydroxyl groups is 4. The van der Waals surface area contributed by atoms with E-state index in [-0.39, 0.29) is 6.92 Å². The third kappa shape index (κ3) is 6.74. The summed E-state index contributed by atoms with van der Waals surface area (Å²) >= 11 is 0. The van der Waals surface area contributed by atoms with Crippen LogP contribution in [0.3, 0.4) is 0 Å². The first-order valence-electron chi connectivity index (χ1n) is 9.35. The predicted molar refractivity (Wildman–Crippen MR) is 98.1 cm³/mol. The van der Waals surface area contributed by atoms with Crippen LogP contribution in [0.1, 0.15) is 32.6 Å². The van der Waals surface area contributed by atoms with Crippen LogP contribution in [-0.4, -0.2) is 71.3 Å². The molecule has 0 aliphatic carbocycles. The fraction of sp³-hybridized carbons (Fsp3) is 0.556. The van der Waals surface area contributed by atoms with Crippen molar-refractivity contribution in [3.63, 3.8) is 0 Å². The van der Waals surface area contributed by atoms with Gasteiger partial charge in [-0.2, -0.15) is 39.5 Å². The molecule has 0 aliphatic rings. The molecule has 1 aromatic carbocycles. The van der Waals surface area contributed by atoms with Crippen molar-refractivity contribution in [2.24, 2.45) is 0 Å². The van der Waals surface area contributed by atoms with Gasteiger partial charge in [-0.3, -0.25) is 9.59 Å². The van der Waals surface area contributed by atoms with Crippen molar-refractivity contribution < 1.29 is 69.5 Å². The van der Waals surface area contributed by atoms with E-state index in [2.05, 4.69) is 0 Å². The van der Waals surface area contributed by atoms with Crippen LogP contribution in [0.25, 0.3) is 0 Å². The number of benzene rings is 1. The molecule has 0 radical (unpaired) electrons. The summed E-state index contributed by atoms with van der Waals surface area (Å²) in [7, 11) is 0. The monoisotopic (exact) mass is 530 g/mol. The second-order valence-corrected chi connectivity index (χ2v) is 6.94. The highest BCUT2D eigenvalue weighted by atomic mass is 19.4. The lowest BCUT2D eigenvalue weighted by Crippen LogP contribution is -2.41. The molecule has 200 valence electrons. The van der Waals surface area contributed by atoms with Gasteiger partial charge in [-0.1, -0.05) is 0 Å². The number of hydrogen-bond donors (Lipinski definition) is 5. The predicted octanol–water partition coefficient (Wildman–Crippen LogP) is 1.45. The van der Waals surface area contributed by atoms with Crippen molar-refractivity contribution >= 4 is 17.5 Å². The summed E-state index contributed by atoms with van der Waals surface area (Å²) in [6, 6.07) is 0. The molecule has 0 saturated heterocycles. The van der Waals surface area contributed by atoms with Crippen molar-refractivity contribution in [3.8, 4) is 0 Å². The highest BCUT2D eigenvalue weighted by Gasteiger charge is 2.52. The maximum Gasteiger partial charge on any atom is 0.419 e. The molecule has 0 aliphatic heterocycles. The maximum absolute atomic E-state index is 14.1. The number of nitrogens with zero attached hydrogens (tertiary/aromatic N) is 1. The molecule has 0 bridgehead atoms. The fourth-order valence-corrected chi connectivity index (χ4v) is 3.24. The second-order valence-electron chi connectivity index (χ2n) is 6.94. The van der Waals surface area contributed by atoms with Gasteiger partial charge >= 0.3 is 18.5 Å². The zero-order valence-corrected chi connectivity index (χ0v) is 17.6. The topological polar surface area (TPSA) is 130 Å². The van der Waals surface area contributed by atoms with Gasteiger partial charge in [0.15, 0.2) is 0 Å². The summed E-state index contributed by atoms with van der Waals surface area (Å²) in [5, 5.41) is 37.6. The number of anilines is 1. The van der Waals surface area contributed by atoms with Crippen LogP contribution < -0.4 is 10.2 Å². The van der Waals surface area contributed by atoms with Gasteiger partial charge < -0.3 is 30.6 Å². The number of aliphatic hydroxyl groups excluding tert-OH is 4. The van der Waals surface area contributed by atoms with Crippen LogP contribution >= 0.6 is 0 Å². The van der Waals surface area contributed by atoms with E-state index in [1.165, 1.54) is 5.32 Å². The van der Waals surface area contributed by atoms with E-state index in [4.69, 9.17) is 15.3 Å². The summed E-state index contributed by atoms with van der Waals surface area (Å²) in [6.45, 7) is -6.32. The highest BCUT2D eigenvalue weighted by molar-refractivity contribution is 6.03. The van der Waals surface area contributed by atoms with Crippen molar-refractivity contribution in [1.82, 2.24) is 5.32 Å². The number of alkyl halides is 9. The molecule has 1 aromatic rings. The largest absolute Gasteiger partial charge is 0.419 e. The van der Waals surface area contributed by atoms with E-state index >= 15 is 0 Å². The Morgan fingerprint density at radius 1 is 0.886 bits per heavy atom. The third-order valence-corrected chi connectivity index (χ3v) is 4.54. The maximum atomic E-state index is 14.1. The molecule has 1 atom stereocenters. The molecule has 0 saturated carbocycles. The van der Waals surface area contributed by atoms with E-state index < -0.39 is 108 Å². The Morgan fingerprint density at radius 3 is 1.74 bits per heavy atom. The van der Waals surface area contributed by atoms with Gasteiger partial charge in [-0.05, 0) is 12.5 Å². The smallest absolute Gasteiger partial charge is 0.395 e. The van der Waals surface area contributed by atoms with E-state index in [9.17, 15) is 54.2 Å². The lowest BCUT2D eigenvalue weighted by Gasteiger charge is -2.32. The van der Waals surface area contributed by atoms with E-state index in [0.29, 0.717) is 0 Å². The van der Waals surface area contributed by atoms with Crippen LogP contribution in [0.15, 0.2) is 0 Å². The Hall–Kier alpha value is -2.63. The van der Waals surface area contributed by atoms with Gasteiger partial charge in [0.05, 0.1) is 47.3 Å². The SMILES string of the molecule is Cc1c(C(F)(F)F)c(C(=O)NCC(O)CO)c(C(F)(F)F)c(N(CCO)C(=O)CO)c1C(F)(F)F. The standard InChI is InChI=1S/C18H19F9N2O6/c1-7-11(16(19,20)21)10(15(35)28-4-8(33)5-31)13(18(25,26)27)14(12(7)17(22,23)24)29(2-3-30)9(34)6-32/h8,30-33H,2-6H2,1H3,(H,28,35).